The molecule has 0 spiro atoms. The molecular weight excluding hydrogens is 447 g/mol. The van der Waals surface area contributed by atoms with E-state index in [-0.39, 0.29) is 29.9 Å². The Hall–Kier alpha value is -3.96. The number of primary amides is 1. The second-order valence-electron chi connectivity index (χ2n) is 7.89. The minimum Gasteiger partial charge on any atom is -0.508 e. The Balaban J connectivity index is 1.69. The molecule has 3 rings (SSSR count). The summed E-state index contributed by atoms with van der Waals surface area (Å²) in [5.74, 6) is -2.00. The van der Waals surface area contributed by atoms with E-state index in [1.165, 1.54) is 36.4 Å². The first-order valence-corrected chi connectivity index (χ1v) is 10.4. The van der Waals surface area contributed by atoms with Crippen LogP contribution in [0.1, 0.15) is 12.0 Å². The summed E-state index contributed by atoms with van der Waals surface area (Å²) in [6.07, 6.45) is -1.65. The van der Waals surface area contributed by atoms with Crippen LogP contribution in [-0.4, -0.2) is 57.5 Å². The van der Waals surface area contributed by atoms with Crippen LogP contribution in [0.3, 0.4) is 0 Å². The van der Waals surface area contributed by atoms with Gasteiger partial charge in [-0.05, 0) is 35.9 Å². The third-order valence-electron chi connectivity index (χ3n) is 5.27. The Morgan fingerprint density at radius 2 is 1.82 bits per heavy atom. The predicted molar refractivity (Wildman–Crippen MR) is 120 cm³/mol. The number of nitrogens with one attached hydrogen (secondary N) is 3. The lowest BCUT2D eigenvalue weighted by atomic mass is 9.90. The Labute approximate surface area is 194 Å². The highest BCUT2D eigenvalue weighted by Gasteiger charge is 2.34. The highest BCUT2D eigenvalue weighted by atomic mass is 19.1. The number of aliphatic hydroxyl groups excluding tert-OH is 2. The van der Waals surface area contributed by atoms with E-state index in [1.54, 1.807) is 12.1 Å². The zero-order valence-electron chi connectivity index (χ0n) is 17.9. The van der Waals surface area contributed by atoms with Crippen LogP contribution >= 0.6 is 0 Å². The topological polar surface area (TPSA) is 174 Å². The normalized spacial score (nSPS) is 20.6. The Morgan fingerprint density at radius 1 is 1.12 bits per heavy atom. The summed E-state index contributed by atoms with van der Waals surface area (Å²) < 4.78 is 13.3. The van der Waals surface area contributed by atoms with Crippen molar-refractivity contribution in [2.75, 3.05) is 5.32 Å². The maximum Gasteiger partial charge on any atom is 0.319 e. The molecule has 4 amide bonds. The molecule has 34 heavy (non-hydrogen) atoms. The number of phenols is 1. The van der Waals surface area contributed by atoms with Crippen molar-refractivity contribution in [3.63, 3.8) is 0 Å². The fourth-order valence-corrected chi connectivity index (χ4v) is 3.49. The first-order chi connectivity index (χ1) is 16.1. The van der Waals surface area contributed by atoms with Gasteiger partial charge in [-0.25, -0.2) is 9.18 Å². The fraction of sp³-hybridized carbons (Fsp3) is 0.261. The quantitative estimate of drug-likeness (QED) is 0.305. The standard InChI is InChI=1S/C23H25FN4O6/c24-14-2-1-3-15(11-14)26-23(34)28-17-9-13(10-19(30)20(17)31)22(33)27-18(21(25)32)8-12-4-6-16(29)7-5-12/h1-7,9,11,17-20,29-31H,8,10H2,(H2,25,32)(H,27,33)(H2,26,28,34)/t17-,18+,19-,20-/m1/s1. The lowest BCUT2D eigenvalue weighted by Gasteiger charge is -2.31. The van der Waals surface area contributed by atoms with E-state index < -0.39 is 48.0 Å². The number of amides is 4. The molecule has 1 aliphatic rings. The minimum absolute atomic E-state index is 0.0332. The molecule has 0 heterocycles. The van der Waals surface area contributed by atoms with Crippen LogP contribution in [0.2, 0.25) is 0 Å². The first kappa shape index (κ1) is 24.7. The largest absolute Gasteiger partial charge is 0.508 e. The Morgan fingerprint density at radius 3 is 2.47 bits per heavy atom. The zero-order valence-corrected chi connectivity index (χ0v) is 17.9. The molecule has 0 unspecified atom stereocenters. The maximum atomic E-state index is 13.3. The molecule has 0 bridgehead atoms. The monoisotopic (exact) mass is 472 g/mol. The van der Waals surface area contributed by atoms with Gasteiger partial charge in [0, 0.05) is 24.1 Å². The van der Waals surface area contributed by atoms with E-state index in [9.17, 15) is 34.1 Å². The molecule has 4 atom stereocenters. The van der Waals surface area contributed by atoms with Crippen LogP contribution in [0.5, 0.6) is 5.75 Å². The second kappa shape index (κ2) is 10.8. The van der Waals surface area contributed by atoms with Crippen LogP contribution in [-0.2, 0) is 16.0 Å². The average Bonchev–Trinajstić information content (AvgIpc) is 2.77. The summed E-state index contributed by atoms with van der Waals surface area (Å²) in [5.41, 5.74) is 6.26. The molecule has 0 fully saturated rings. The van der Waals surface area contributed by atoms with E-state index in [0.29, 0.717) is 5.56 Å². The third kappa shape index (κ3) is 6.53. The smallest absolute Gasteiger partial charge is 0.319 e. The van der Waals surface area contributed by atoms with Crippen molar-refractivity contribution in [3.05, 3.63) is 71.6 Å². The van der Waals surface area contributed by atoms with Gasteiger partial charge >= 0.3 is 6.03 Å². The van der Waals surface area contributed by atoms with E-state index in [4.69, 9.17) is 5.73 Å². The second-order valence-corrected chi connectivity index (χ2v) is 7.89. The summed E-state index contributed by atoms with van der Waals surface area (Å²) in [7, 11) is 0. The molecule has 0 radical (unpaired) electrons. The van der Waals surface area contributed by atoms with Gasteiger partial charge in [0.05, 0.1) is 12.1 Å². The summed E-state index contributed by atoms with van der Waals surface area (Å²) in [5, 5.41) is 37.2. The Bertz CT molecular complexity index is 1090. The number of nitrogens with two attached hydrogens (primary N) is 1. The molecule has 180 valence electrons. The summed E-state index contributed by atoms with van der Waals surface area (Å²) in [6, 6.07) is 8.18. The van der Waals surface area contributed by atoms with Crippen LogP contribution in [0.4, 0.5) is 14.9 Å². The van der Waals surface area contributed by atoms with Crippen molar-refractivity contribution in [1.82, 2.24) is 10.6 Å². The number of halogens is 1. The number of benzene rings is 2. The molecule has 0 saturated heterocycles. The van der Waals surface area contributed by atoms with Gasteiger partial charge in [0.1, 0.15) is 23.7 Å². The van der Waals surface area contributed by atoms with Gasteiger partial charge in [0.25, 0.3) is 0 Å². The fourth-order valence-electron chi connectivity index (χ4n) is 3.49. The Kier molecular flexibility index (Phi) is 7.82. The highest BCUT2D eigenvalue weighted by Crippen LogP contribution is 2.21. The number of anilines is 1. The van der Waals surface area contributed by atoms with Gasteiger partial charge in [-0.1, -0.05) is 24.3 Å². The van der Waals surface area contributed by atoms with Crippen LogP contribution < -0.4 is 21.7 Å². The van der Waals surface area contributed by atoms with Gasteiger partial charge in [0.2, 0.25) is 11.8 Å². The van der Waals surface area contributed by atoms with Gasteiger partial charge in [-0.2, -0.15) is 0 Å². The van der Waals surface area contributed by atoms with Gasteiger partial charge in [-0.3, -0.25) is 9.59 Å². The minimum atomic E-state index is -1.40. The molecule has 11 heteroatoms. The number of carbonyl (C=O) groups excluding carboxylic acids is 3. The molecule has 0 aromatic heterocycles. The van der Waals surface area contributed by atoms with Crippen molar-refractivity contribution in [1.29, 1.82) is 0 Å². The van der Waals surface area contributed by atoms with Gasteiger partial charge < -0.3 is 37.0 Å². The molecule has 2 aromatic rings. The maximum absolute atomic E-state index is 13.3. The average molecular weight is 472 g/mol. The number of aliphatic hydroxyl groups is 2. The van der Waals surface area contributed by atoms with E-state index in [2.05, 4.69) is 16.0 Å². The van der Waals surface area contributed by atoms with Gasteiger partial charge in [0.15, 0.2) is 0 Å². The van der Waals surface area contributed by atoms with Crippen LogP contribution in [0, 0.1) is 5.82 Å². The summed E-state index contributed by atoms with van der Waals surface area (Å²) in [4.78, 5) is 36.9. The molecule has 1 aliphatic carbocycles. The molecule has 0 saturated carbocycles. The molecule has 0 aliphatic heterocycles. The molecule has 8 N–H and O–H groups in total. The first-order valence-electron chi connectivity index (χ1n) is 10.4. The highest BCUT2D eigenvalue weighted by molar-refractivity contribution is 5.97. The number of hydrogen-bond donors (Lipinski definition) is 7. The lowest BCUT2D eigenvalue weighted by molar-refractivity contribution is -0.125. The summed E-state index contributed by atoms with van der Waals surface area (Å²) in [6.45, 7) is 0. The number of phenolic OH excluding ortho intramolecular Hbond substituents is 1. The summed E-state index contributed by atoms with van der Waals surface area (Å²) >= 11 is 0. The van der Waals surface area contributed by atoms with E-state index in [0.717, 1.165) is 6.07 Å². The van der Waals surface area contributed by atoms with Crippen LogP contribution in [0.15, 0.2) is 60.2 Å². The van der Waals surface area contributed by atoms with E-state index in [1.807, 2.05) is 0 Å². The number of hydrogen-bond acceptors (Lipinski definition) is 6. The van der Waals surface area contributed by atoms with Crippen molar-refractivity contribution < 1.29 is 34.1 Å². The number of aromatic hydroxyl groups is 1. The SMILES string of the molecule is NC(=O)[C@H](Cc1ccc(O)cc1)NC(=O)C1=C[C@@H](NC(=O)Nc2cccc(F)c2)[C@@H](O)[C@H](O)C1. The van der Waals surface area contributed by atoms with E-state index >= 15 is 0 Å². The zero-order chi connectivity index (χ0) is 24.8. The van der Waals surface area contributed by atoms with Crippen molar-refractivity contribution in [2.45, 2.75) is 37.1 Å². The lowest BCUT2D eigenvalue weighted by Crippen LogP contribution is -2.53. The van der Waals surface area contributed by atoms with Crippen molar-refractivity contribution in [2.24, 2.45) is 5.73 Å². The molecule has 10 nitrogen and oxygen atoms in total. The number of rotatable bonds is 7. The molecule has 2 aromatic carbocycles. The third-order valence-corrected chi connectivity index (χ3v) is 5.27. The number of carbonyl (C=O) groups is 3. The van der Waals surface area contributed by atoms with Gasteiger partial charge in [-0.15, -0.1) is 0 Å². The predicted octanol–water partition coefficient (Wildman–Crippen LogP) is 0.286. The number of urea groups is 1. The van der Waals surface area contributed by atoms with Crippen molar-refractivity contribution in [3.8, 4) is 5.75 Å². The molecular formula is C23H25FN4O6. The van der Waals surface area contributed by atoms with Crippen LogP contribution in [0.25, 0.3) is 0 Å². The van der Waals surface area contributed by atoms with Crippen molar-refractivity contribution >= 4 is 23.5 Å².